The molecule has 1 saturated heterocycles. The molecule has 1 N–H and O–H groups in total. The van der Waals surface area contributed by atoms with E-state index in [1.165, 1.54) is 0 Å². The molecule has 0 bridgehead atoms. The maximum atomic E-state index is 11.9. The fourth-order valence-electron chi connectivity index (χ4n) is 1.97. The molecule has 0 radical (unpaired) electrons. The maximum Gasteiger partial charge on any atom is 0.414 e. The number of carbonyl (C=O) groups excluding carboxylic acids is 2. The summed E-state index contributed by atoms with van der Waals surface area (Å²) in [7, 11) is 0. The zero-order valence-electron chi connectivity index (χ0n) is 12.8. The largest absolute Gasteiger partial charge is 0.444 e. The Hall–Kier alpha value is -1.51. The van der Waals surface area contributed by atoms with Gasteiger partial charge in [0.2, 0.25) is 0 Å². The van der Waals surface area contributed by atoms with E-state index in [1.54, 1.807) is 25.7 Å². The van der Waals surface area contributed by atoms with Crippen molar-refractivity contribution in [1.82, 2.24) is 5.32 Å². The summed E-state index contributed by atoms with van der Waals surface area (Å²) >= 11 is 2.20. The van der Waals surface area contributed by atoms with E-state index < -0.39 is 17.8 Å². The number of nitrogens with zero attached hydrogens (tertiary/aromatic N) is 1. The SMILES string of the molecule is CC(C)(C)OC(=O)NC[C@H]1CN(c2ccc(I)cc2)C(=O)O1. The molecule has 1 aliphatic heterocycles. The van der Waals surface area contributed by atoms with Crippen LogP contribution in [0.3, 0.4) is 0 Å². The second-order valence-electron chi connectivity index (χ2n) is 5.98. The molecule has 2 rings (SSSR count). The van der Waals surface area contributed by atoms with E-state index in [0.717, 1.165) is 9.26 Å². The number of nitrogens with one attached hydrogen (secondary N) is 1. The third kappa shape index (κ3) is 4.75. The lowest BCUT2D eigenvalue weighted by Crippen LogP contribution is -2.38. The van der Waals surface area contributed by atoms with E-state index in [4.69, 9.17) is 9.47 Å². The van der Waals surface area contributed by atoms with Gasteiger partial charge in [-0.25, -0.2) is 9.59 Å². The van der Waals surface area contributed by atoms with E-state index in [9.17, 15) is 9.59 Å². The molecule has 0 aliphatic carbocycles. The fraction of sp³-hybridized carbons (Fsp3) is 0.467. The molecule has 0 unspecified atom stereocenters. The number of hydrogen-bond acceptors (Lipinski definition) is 4. The molecule has 1 aromatic rings. The summed E-state index contributed by atoms with van der Waals surface area (Å²) in [6, 6.07) is 7.59. The van der Waals surface area contributed by atoms with Crippen LogP contribution in [0.5, 0.6) is 0 Å². The molecule has 120 valence electrons. The van der Waals surface area contributed by atoms with E-state index in [2.05, 4.69) is 27.9 Å². The van der Waals surface area contributed by atoms with E-state index in [1.807, 2.05) is 24.3 Å². The van der Waals surface area contributed by atoms with Crippen LogP contribution in [-0.2, 0) is 9.47 Å². The highest BCUT2D eigenvalue weighted by molar-refractivity contribution is 14.1. The van der Waals surface area contributed by atoms with Gasteiger partial charge in [-0.1, -0.05) is 0 Å². The number of anilines is 1. The van der Waals surface area contributed by atoms with Crippen molar-refractivity contribution < 1.29 is 19.1 Å². The predicted molar refractivity (Wildman–Crippen MR) is 91.0 cm³/mol. The number of alkyl carbamates (subject to hydrolysis) is 1. The number of ether oxygens (including phenoxy) is 2. The van der Waals surface area contributed by atoms with Crippen LogP contribution in [0.1, 0.15) is 20.8 Å². The monoisotopic (exact) mass is 418 g/mol. The van der Waals surface area contributed by atoms with Gasteiger partial charge in [-0.15, -0.1) is 0 Å². The molecule has 1 aliphatic rings. The molecule has 1 fully saturated rings. The van der Waals surface area contributed by atoms with Crippen molar-refractivity contribution in [2.75, 3.05) is 18.0 Å². The number of hydrogen-bond donors (Lipinski definition) is 1. The molecular weight excluding hydrogens is 399 g/mol. The molecule has 0 saturated carbocycles. The topological polar surface area (TPSA) is 67.9 Å². The minimum absolute atomic E-state index is 0.224. The number of halogens is 1. The average molecular weight is 418 g/mol. The van der Waals surface area contributed by atoms with Gasteiger partial charge in [0.25, 0.3) is 0 Å². The zero-order chi connectivity index (χ0) is 16.3. The summed E-state index contributed by atoms with van der Waals surface area (Å²) in [4.78, 5) is 25.1. The van der Waals surface area contributed by atoms with E-state index >= 15 is 0 Å². The first-order valence-electron chi connectivity index (χ1n) is 6.95. The first-order valence-corrected chi connectivity index (χ1v) is 8.03. The Morgan fingerprint density at radius 3 is 2.64 bits per heavy atom. The van der Waals surface area contributed by atoms with Crippen LogP contribution in [0.2, 0.25) is 0 Å². The summed E-state index contributed by atoms with van der Waals surface area (Å²) in [5, 5.41) is 2.62. The molecule has 1 atom stereocenters. The van der Waals surface area contributed by atoms with Crippen LogP contribution in [0.4, 0.5) is 15.3 Å². The molecular formula is C15H19IN2O4. The summed E-state index contributed by atoms with van der Waals surface area (Å²) in [5.74, 6) is 0. The molecule has 7 heteroatoms. The number of cyclic esters (lactones) is 1. The van der Waals surface area contributed by atoms with Crippen molar-refractivity contribution >= 4 is 40.5 Å². The Kier molecular flexibility index (Phi) is 5.15. The van der Waals surface area contributed by atoms with Gasteiger partial charge >= 0.3 is 12.2 Å². The van der Waals surface area contributed by atoms with Gasteiger partial charge in [0.05, 0.1) is 13.1 Å². The smallest absolute Gasteiger partial charge is 0.414 e. The normalized spacial score (nSPS) is 18.1. The van der Waals surface area contributed by atoms with Crippen molar-refractivity contribution in [2.24, 2.45) is 0 Å². The highest BCUT2D eigenvalue weighted by atomic mass is 127. The van der Waals surface area contributed by atoms with Gasteiger partial charge in [-0.2, -0.15) is 0 Å². The number of benzene rings is 1. The Morgan fingerprint density at radius 1 is 1.41 bits per heavy atom. The minimum Gasteiger partial charge on any atom is -0.444 e. The maximum absolute atomic E-state index is 11.9. The van der Waals surface area contributed by atoms with Crippen LogP contribution in [-0.4, -0.2) is 37.0 Å². The fourth-order valence-corrected chi connectivity index (χ4v) is 2.33. The molecule has 1 heterocycles. The first kappa shape index (κ1) is 16.9. The molecule has 1 aromatic carbocycles. The highest BCUT2D eigenvalue weighted by Crippen LogP contribution is 2.22. The van der Waals surface area contributed by atoms with Gasteiger partial charge in [0.1, 0.15) is 11.7 Å². The van der Waals surface area contributed by atoms with Gasteiger partial charge in [-0.05, 0) is 67.6 Å². The standard InChI is InChI=1S/C15H19IN2O4/c1-15(2,3)22-13(19)17-8-12-9-18(14(20)21-12)11-6-4-10(16)5-7-11/h4-7,12H,8-9H2,1-3H3,(H,17,19)/t12-/m0/s1. The summed E-state index contributed by atoms with van der Waals surface area (Å²) in [6.07, 6.45) is -1.31. The van der Waals surface area contributed by atoms with Crippen molar-refractivity contribution in [3.8, 4) is 0 Å². The Labute approximate surface area is 143 Å². The van der Waals surface area contributed by atoms with Crippen LogP contribution in [0.25, 0.3) is 0 Å². The van der Waals surface area contributed by atoms with E-state index in [-0.39, 0.29) is 12.6 Å². The Bertz CT molecular complexity index is 554. The van der Waals surface area contributed by atoms with Gasteiger partial charge < -0.3 is 14.8 Å². The van der Waals surface area contributed by atoms with Crippen molar-refractivity contribution in [3.05, 3.63) is 27.8 Å². The molecule has 6 nitrogen and oxygen atoms in total. The average Bonchev–Trinajstić information content (AvgIpc) is 2.77. The molecule has 0 aromatic heterocycles. The van der Waals surface area contributed by atoms with Crippen molar-refractivity contribution in [3.63, 3.8) is 0 Å². The Morgan fingerprint density at radius 2 is 2.05 bits per heavy atom. The number of amides is 2. The lowest BCUT2D eigenvalue weighted by molar-refractivity contribution is 0.0496. The van der Waals surface area contributed by atoms with Crippen LogP contribution < -0.4 is 10.2 Å². The lowest BCUT2D eigenvalue weighted by atomic mass is 10.2. The minimum atomic E-state index is -0.552. The number of rotatable bonds is 3. The van der Waals surface area contributed by atoms with Crippen LogP contribution >= 0.6 is 22.6 Å². The number of carbonyl (C=O) groups is 2. The highest BCUT2D eigenvalue weighted by Gasteiger charge is 2.32. The second-order valence-corrected chi connectivity index (χ2v) is 7.22. The predicted octanol–water partition coefficient (Wildman–Crippen LogP) is 3.14. The summed E-state index contributed by atoms with van der Waals surface area (Å²) in [6.45, 7) is 6.00. The zero-order valence-corrected chi connectivity index (χ0v) is 14.9. The second kappa shape index (κ2) is 6.72. The van der Waals surface area contributed by atoms with Crippen molar-refractivity contribution in [1.29, 1.82) is 0 Å². The molecule has 0 spiro atoms. The van der Waals surface area contributed by atoms with E-state index in [0.29, 0.717) is 6.54 Å². The van der Waals surface area contributed by atoms with Crippen LogP contribution in [0, 0.1) is 3.57 Å². The van der Waals surface area contributed by atoms with Gasteiger partial charge in [0, 0.05) is 9.26 Å². The third-order valence-corrected chi connectivity index (χ3v) is 3.60. The van der Waals surface area contributed by atoms with Gasteiger partial charge in [0.15, 0.2) is 0 Å². The summed E-state index contributed by atoms with van der Waals surface area (Å²) in [5.41, 5.74) is 0.231. The lowest BCUT2D eigenvalue weighted by Gasteiger charge is -2.20. The van der Waals surface area contributed by atoms with Crippen LogP contribution in [0.15, 0.2) is 24.3 Å². The third-order valence-electron chi connectivity index (χ3n) is 2.89. The quantitative estimate of drug-likeness (QED) is 0.767. The summed E-state index contributed by atoms with van der Waals surface area (Å²) < 4.78 is 11.5. The van der Waals surface area contributed by atoms with Gasteiger partial charge in [-0.3, -0.25) is 4.90 Å². The van der Waals surface area contributed by atoms with Crippen molar-refractivity contribution in [2.45, 2.75) is 32.5 Å². The molecule has 2 amide bonds. The first-order chi connectivity index (χ1) is 10.2. The Balaban J connectivity index is 1.87. The molecule has 22 heavy (non-hydrogen) atoms.